The predicted molar refractivity (Wildman–Crippen MR) is 139 cm³/mol. The third kappa shape index (κ3) is 5.87. The molecule has 7 nitrogen and oxygen atoms in total. The molecular weight excluding hydrogens is 434 g/mol. The highest BCUT2D eigenvalue weighted by Gasteiger charge is 2.41. The summed E-state index contributed by atoms with van der Waals surface area (Å²) < 4.78 is 8.27. The molecule has 8 heteroatoms. The average molecular weight is 472 g/mol. The normalized spacial score (nSPS) is 23.4. The van der Waals surface area contributed by atoms with Crippen LogP contribution in [-0.2, 0) is 4.84 Å². The molecule has 0 radical (unpaired) electrons. The van der Waals surface area contributed by atoms with Crippen LogP contribution < -0.4 is 30.1 Å². The Morgan fingerprint density at radius 1 is 1.00 bits per heavy atom. The van der Waals surface area contributed by atoms with E-state index in [2.05, 4.69) is 81.5 Å². The lowest BCUT2D eigenvalue weighted by Gasteiger charge is -2.42. The van der Waals surface area contributed by atoms with Crippen LogP contribution in [0.1, 0.15) is 39.0 Å². The number of benzene rings is 2. The Morgan fingerprint density at radius 3 is 2.48 bits per heavy atom. The van der Waals surface area contributed by atoms with E-state index in [0.717, 1.165) is 69.0 Å². The van der Waals surface area contributed by atoms with Gasteiger partial charge in [-0.05, 0) is 81.1 Å². The Morgan fingerprint density at radius 2 is 1.76 bits per heavy atom. The highest BCUT2D eigenvalue weighted by atomic mass is 32.1. The first kappa shape index (κ1) is 24.0. The standard InChI is InChI=1S/C25H37N5O2S/c1-20-6-3-4-19-30(32-20)23-11-9-22(10-12-23)29-18-5-15-25(29,26-16-17-27-33)28-21-7-13-24(31-2)14-8-21/h7-14,20,26-28,33H,3-6,15-19H2,1-2H3. The summed E-state index contributed by atoms with van der Waals surface area (Å²) in [6.07, 6.45) is 5.84. The number of anilines is 3. The first-order chi connectivity index (χ1) is 16.1. The van der Waals surface area contributed by atoms with Gasteiger partial charge in [-0.25, -0.2) is 0 Å². The zero-order valence-corrected chi connectivity index (χ0v) is 20.6. The van der Waals surface area contributed by atoms with Gasteiger partial charge in [-0.15, -0.1) is 0 Å². The molecule has 3 N–H and O–H groups in total. The lowest BCUT2D eigenvalue weighted by Crippen LogP contribution is -2.62. The van der Waals surface area contributed by atoms with Gasteiger partial charge in [0, 0.05) is 44.0 Å². The number of hydroxylamine groups is 1. The number of ether oxygens (including phenoxy) is 1. The van der Waals surface area contributed by atoms with Gasteiger partial charge >= 0.3 is 0 Å². The molecule has 2 aromatic carbocycles. The minimum Gasteiger partial charge on any atom is -0.497 e. The summed E-state index contributed by atoms with van der Waals surface area (Å²) >= 11 is 4.16. The monoisotopic (exact) mass is 471 g/mol. The lowest BCUT2D eigenvalue weighted by atomic mass is 10.1. The Hall–Kier alpha value is -2.13. The fourth-order valence-corrected chi connectivity index (χ4v) is 4.88. The molecule has 0 aromatic heterocycles. The van der Waals surface area contributed by atoms with Crippen LogP contribution in [0.2, 0.25) is 0 Å². The van der Waals surface area contributed by atoms with Crippen molar-refractivity contribution < 1.29 is 9.57 Å². The average Bonchev–Trinajstić information content (AvgIpc) is 3.11. The first-order valence-corrected chi connectivity index (χ1v) is 12.4. The summed E-state index contributed by atoms with van der Waals surface area (Å²) in [6.45, 7) is 5.63. The van der Waals surface area contributed by atoms with Crippen LogP contribution in [0, 0.1) is 0 Å². The third-order valence-corrected chi connectivity index (χ3v) is 6.68. The van der Waals surface area contributed by atoms with Crippen molar-refractivity contribution in [3.8, 4) is 5.75 Å². The Labute approximate surface area is 203 Å². The van der Waals surface area contributed by atoms with Gasteiger partial charge in [0.1, 0.15) is 5.75 Å². The predicted octanol–water partition coefficient (Wildman–Crippen LogP) is 4.40. The van der Waals surface area contributed by atoms with Crippen LogP contribution in [0.15, 0.2) is 48.5 Å². The Balaban J connectivity index is 1.55. The highest BCUT2D eigenvalue weighted by molar-refractivity contribution is 7.78. The van der Waals surface area contributed by atoms with E-state index in [0.29, 0.717) is 0 Å². The second-order valence-corrected chi connectivity index (χ2v) is 9.15. The zero-order valence-electron chi connectivity index (χ0n) is 19.7. The van der Waals surface area contributed by atoms with Crippen molar-refractivity contribution >= 4 is 29.9 Å². The topological polar surface area (TPSA) is 61.0 Å². The lowest BCUT2D eigenvalue weighted by molar-refractivity contribution is 0.0511. The minimum absolute atomic E-state index is 0.261. The van der Waals surface area contributed by atoms with Crippen molar-refractivity contribution in [1.82, 2.24) is 10.0 Å². The molecule has 2 unspecified atom stereocenters. The molecule has 2 atom stereocenters. The summed E-state index contributed by atoms with van der Waals surface area (Å²) in [5.74, 6) is 0.472. The fourth-order valence-electron chi connectivity index (χ4n) is 4.76. The van der Waals surface area contributed by atoms with E-state index in [1.165, 1.54) is 12.1 Å². The smallest absolute Gasteiger partial charge is 0.166 e. The van der Waals surface area contributed by atoms with E-state index in [-0.39, 0.29) is 11.9 Å². The number of hydrogen-bond donors (Lipinski definition) is 4. The summed E-state index contributed by atoms with van der Waals surface area (Å²) in [7, 11) is 1.69. The number of hydrogen-bond acceptors (Lipinski definition) is 8. The Kier molecular flexibility index (Phi) is 8.25. The number of nitrogens with zero attached hydrogens (tertiary/aromatic N) is 2. The first-order valence-electron chi connectivity index (χ1n) is 12.0. The fraction of sp³-hybridized carbons (Fsp3) is 0.520. The summed E-state index contributed by atoms with van der Waals surface area (Å²) in [5, 5.41) is 9.59. The van der Waals surface area contributed by atoms with Crippen molar-refractivity contribution in [1.29, 1.82) is 0 Å². The number of rotatable bonds is 9. The highest BCUT2D eigenvalue weighted by Crippen LogP contribution is 2.35. The minimum atomic E-state index is -0.381. The van der Waals surface area contributed by atoms with Crippen molar-refractivity contribution in [2.75, 3.05) is 48.6 Å². The SMILES string of the molecule is COc1ccc(NC2(NCCNS)CCCN2c2ccc(N3CCCCC(C)O3)cc2)cc1. The molecule has 2 fully saturated rings. The molecule has 0 spiro atoms. The largest absolute Gasteiger partial charge is 0.497 e. The van der Waals surface area contributed by atoms with Gasteiger partial charge in [0.25, 0.3) is 0 Å². The molecule has 33 heavy (non-hydrogen) atoms. The van der Waals surface area contributed by atoms with E-state index in [4.69, 9.17) is 9.57 Å². The summed E-state index contributed by atoms with van der Waals surface area (Å²) in [4.78, 5) is 8.57. The molecule has 0 saturated carbocycles. The molecule has 0 amide bonds. The van der Waals surface area contributed by atoms with Crippen LogP contribution in [-0.4, -0.2) is 45.2 Å². The number of nitrogens with one attached hydrogen (secondary N) is 3. The maximum Gasteiger partial charge on any atom is 0.166 e. The molecule has 0 aliphatic carbocycles. The number of methoxy groups -OCH3 is 1. The van der Waals surface area contributed by atoms with Gasteiger partial charge in [-0.3, -0.25) is 19.9 Å². The van der Waals surface area contributed by atoms with Gasteiger partial charge < -0.3 is 15.0 Å². The molecule has 180 valence electrons. The van der Waals surface area contributed by atoms with Crippen molar-refractivity contribution in [3.63, 3.8) is 0 Å². The zero-order chi connectivity index (χ0) is 23.1. The van der Waals surface area contributed by atoms with Crippen LogP contribution in [0.3, 0.4) is 0 Å². The molecule has 2 aromatic rings. The maximum atomic E-state index is 6.14. The van der Waals surface area contributed by atoms with Crippen molar-refractivity contribution in [3.05, 3.63) is 48.5 Å². The molecular formula is C25H37N5O2S. The van der Waals surface area contributed by atoms with Crippen LogP contribution in [0.5, 0.6) is 5.75 Å². The number of thiol groups is 1. The van der Waals surface area contributed by atoms with Gasteiger partial charge in [-0.1, -0.05) is 12.8 Å². The van der Waals surface area contributed by atoms with E-state index >= 15 is 0 Å². The molecule has 2 aliphatic heterocycles. The van der Waals surface area contributed by atoms with Crippen LogP contribution >= 0.6 is 12.8 Å². The second kappa shape index (κ2) is 11.3. The van der Waals surface area contributed by atoms with Crippen molar-refractivity contribution in [2.45, 2.75) is 50.9 Å². The van der Waals surface area contributed by atoms with Crippen LogP contribution in [0.25, 0.3) is 0 Å². The molecule has 0 bridgehead atoms. The van der Waals surface area contributed by atoms with Crippen LogP contribution in [0.4, 0.5) is 17.1 Å². The van der Waals surface area contributed by atoms with Gasteiger partial charge in [0.2, 0.25) is 0 Å². The second-order valence-electron chi connectivity index (χ2n) is 8.83. The van der Waals surface area contributed by atoms with Gasteiger partial charge in [-0.2, -0.15) is 0 Å². The molecule has 2 aliphatic rings. The van der Waals surface area contributed by atoms with E-state index in [9.17, 15) is 0 Å². The van der Waals surface area contributed by atoms with E-state index in [1.54, 1.807) is 7.11 Å². The molecule has 2 saturated heterocycles. The third-order valence-electron chi connectivity index (χ3n) is 6.45. The maximum absolute atomic E-state index is 6.14. The van der Waals surface area contributed by atoms with Crippen molar-refractivity contribution in [2.24, 2.45) is 0 Å². The van der Waals surface area contributed by atoms with E-state index in [1.807, 2.05) is 12.1 Å². The molecule has 2 heterocycles. The Bertz CT molecular complexity index is 866. The van der Waals surface area contributed by atoms with Gasteiger partial charge in [0.05, 0.1) is 18.9 Å². The summed E-state index contributed by atoms with van der Waals surface area (Å²) in [5.41, 5.74) is 3.36. The van der Waals surface area contributed by atoms with E-state index < -0.39 is 0 Å². The molecule has 4 rings (SSSR count). The van der Waals surface area contributed by atoms with Gasteiger partial charge in [0.15, 0.2) is 5.79 Å². The quantitative estimate of drug-likeness (QED) is 0.246. The summed E-state index contributed by atoms with van der Waals surface area (Å²) in [6, 6.07) is 16.9.